The Balaban J connectivity index is 1.86. The zero-order chi connectivity index (χ0) is 16.2. The summed E-state index contributed by atoms with van der Waals surface area (Å²) in [5.74, 6) is -0.0350. The minimum atomic E-state index is -0.259. The highest BCUT2D eigenvalue weighted by Gasteiger charge is 2.05. The van der Waals surface area contributed by atoms with Crippen molar-refractivity contribution >= 4 is 11.9 Å². The molecule has 0 radical (unpaired) electrons. The van der Waals surface area contributed by atoms with Crippen molar-refractivity contribution in [3.05, 3.63) is 88.6 Å². The Bertz CT molecular complexity index is 935. The maximum Gasteiger partial charge on any atom is 0.330 e. The van der Waals surface area contributed by atoms with E-state index in [1.54, 1.807) is 67.0 Å². The Morgan fingerprint density at radius 2 is 1.96 bits per heavy atom. The fourth-order valence-electron chi connectivity index (χ4n) is 2.23. The van der Waals surface area contributed by atoms with Crippen molar-refractivity contribution in [2.75, 3.05) is 0 Å². The number of imidazole rings is 1. The van der Waals surface area contributed by atoms with E-state index in [9.17, 15) is 14.7 Å². The van der Waals surface area contributed by atoms with Crippen LogP contribution in [0.4, 0.5) is 0 Å². The highest BCUT2D eigenvalue weighted by molar-refractivity contribution is 6.07. The number of benzene rings is 2. The third-order valence-corrected chi connectivity index (χ3v) is 3.36. The van der Waals surface area contributed by atoms with E-state index in [2.05, 4.69) is 4.98 Å². The predicted molar refractivity (Wildman–Crippen MR) is 87.9 cm³/mol. The number of hydrogen-bond acceptors (Lipinski definition) is 3. The summed E-state index contributed by atoms with van der Waals surface area (Å²) in [6.45, 7) is 0. The molecular weight excluding hydrogens is 292 g/mol. The third-order valence-electron chi connectivity index (χ3n) is 3.36. The van der Waals surface area contributed by atoms with Crippen LogP contribution >= 0.6 is 0 Å². The van der Waals surface area contributed by atoms with Gasteiger partial charge in [-0.3, -0.25) is 9.36 Å². The number of allylic oxidation sites excluding steroid dienone is 1. The van der Waals surface area contributed by atoms with Crippen molar-refractivity contribution in [2.45, 2.75) is 0 Å². The number of carbonyl (C=O) groups excluding carboxylic acids is 1. The van der Waals surface area contributed by atoms with E-state index in [4.69, 9.17) is 0 Å². The number of aromatic nitrogens is 2. The van der Waals surface area contributed by atoms with Gasteiger partial charge in [0, 0.05) is 18.0 Å². The van der Waals surface area contributed by atoms with Gasteiger partial charge in [0.15, 0.2) is 5.78 Å². The average molecular weight is 306 g/mol. The molecule has 23 heavy (non-hydrogen) atoms. The van der Waals surface area contributed by atoms with Gasteiger partial charge in [-0.2, -0.15) is 0 Å². The molecule has 5 heteroatoms. The first-order valence-electron chi connectivity index (χ1n) is 7.01. The fraction of sp³-hybridized carbons (Fsp3) is 0. The molecule has 3 rings (SSSR count). The molecule has 0 fully saturated rings. The van der Waals surface area contributed by atoms with E-state index in [1.807, 2.05) is 0 Å². The van der Waals surface area contributed by atoms with Crippen LogP contribution in [0, 0.1) is 0 Å². The van der Waals surface area contributed by atoms with Crippen LogP contribution in [-0.4, -0.2) is 20.4 Å². The van der Waals surface area contributed by atoms with Crippen LogP contribution in [0.1, 0.15) is 15.9 Å². The summed E-state index contributed by atoms with van der Waals surface area (Å²) in [6.07, 6.45) is 6.22. The summed E-state index contributed by atoms with van der Waals surface area (Å²) < 4.78 is 1.43. The first-order valence-corrected chi connectivity index (χ1v) is 7.01. The monoisotopic (exact) mass is 306 g/mol. The van der Waals surface area contributed by atoms with Gasteiger partial charge in [-0.25, -0.2) is 4.79 Å². The number of phenolic OH excluding ortho intramolecular Hbond substituents is 1. The second-order valence-electron chi connectivity index (χ2n) is 4.98. The highest BCUT2D eigenvalue weighted by Crippen LogP contribution is 2.14. The maximum absolute atomic E-state index is 12.3. The topological polar surface area (TPSA) is 75.1 Å². The summed E-state index contributed by atoms with van der Waals surface area (Å²) >= 11 is 0. The van der Waals surface area contributed by atoms with Crippen molar-refractivity contribution < 1.29 is 9.90 Å². The zero-order valence-electron chi connectivity index (χ0n) is 12.1. The van der Waals surface area contributed by atoms with E-state index >= 15 is 0 Å². The lowest BCUT2D eigenvalue weighted by molar-refractivity contribution is 0.104. The van der Waals surface area contributed by atoms with Crippen LogP contribution in [0.3, 0.4) is 0 Å². The van der Waals surface area contributed by atoms with Gasteiger partial charge in [-0.05, 0) is 35.9 Å². The SMILES string of the molecule is O=C(/C=C/c1cccc(O)c1)c1cccc(-n2cc[nH]c2=O)c1. The summed E-state index contributed by atoms with van der Waals surface area (Å²) in [4.78, 5) is 26.4. The van der Waals surface area contributed by atoms with Gasteiger partial charge < -0.3 is 10.1 Å². The van der Waals surface area contributed by atoms with Crippen molar-refractivity contribution in [1.82, 2.24) is 9.55 Å². The second kappa shape index (κ2) is 6.19. The summed E-state index contributed by atoms with van der Waals surface area (Å²) in [7, 11) is 0. The van der Waals surface area contributed by atoms with E-state index in [0.717, 1.165) is 5.56 Å². The standard InChI is InChI=1S/C18H14N2O3/c21-16-6-1-3-13(11-16)7-8-17(22)14-4-2-5-15(12-14)20-10-9-19-18(20)23/h1-12,21H,(H,19,23)/b8-7+. The quantitative estimate of drug-likeness (QED) is 0.575. The lowest BCUT2D eigenvalue weighted by Crippen LogP contribution is -2.14. The Kier molecular flexibility index (Phi) is 3.93. The van der Waals surface area contributed by atoms with Crippen LogP contribution in [0.15, 0.2) is 71.8 Å². The normalized spacial score (nSPS) is 11.0. The van der Waals surface area contributed by atoms with Crippen LogP contribution in [0.2, 0.25) is 0 Å². The lowest BCUT2D eigenvalue weighted by Gasteiger charge is -2.03. The smallest absolute Gasteiger partial charge is 0.330 e. The average Bonchev–Trinajstić information content (AvgIpc) is 2.99. The van der Waals surface area contributed by atoms with E-state index in [0.29, 0.717) is 11.3 Å². The van der Waals surface area contributed by atoms with Crippen LogP contribution < -0.4 is 5.69 Å². The Morgan fingerprint density at radius 1 is 1.13 bits per heavy atom. The number of carbonyl (C=O) groups is 1. The molecule has 0 spiro atoms. The molecule has 0 atom stereocenters. The van der Waals surface area contributed by atoms with E-state index in [-0.39, 0.29) is 17.2 Å². The molecule has 1 aromatic heterocycles. The molecule has 0 aliphatic heterocycles. The number of hydrogen-bond donors (Lipinski definition) is 2. The zero-order valence-corrected chi connectivity index (χ0v) is 12.1. The number of phenols is 1. The number of aromatic hydroxyl groups is 1. The predicted octanol–water partition coefficient (Wildman–Crippen LogP) is 2.77. The second-order valence-corrected chi connectivity index (χ2v) is 4.98. The Morgan fingerprint density at radius 3 is 2.70 bits per heavy atom. The minimum Gasteiger partial charge on any atom is -0.508 e. The van der Waals surface area contributed by atoms with Crippen LogP contribution in [0.25, 0.3) is 11.8 Å². The van der Waals surface area contributed by atoms with E-state index < -0.39 is 0 Å². The number of rotatable bonds is 4. The van der Waals surface area contributed by atoms with Gasteiger partial charge in [-0.1, -0.05) is 30.3 Å². The molecule has 0 aliphatic rings. The number of nitrogens with one attached hydrogen (secondary N) is 1. The Hall–Kier alpha value is -3.34. The molecule has 2 N–H and O–H groups in total. The van der Waals surface area contributed by atoms with Crippen molar-refractivity contribution in [1.29, 1.82) is 0 Å². The Labute approximate surface area is 132 Å². The fourth-order valence-corrected chi connectivity index (χ4v) is 2.23. The molecule has 0 unspecified atom stereocenters. The molecule has 0 aliphatic carbocycles. The maximum atomic E-state index is 12.3. The molecule has 0 saturated carbocycles. The lowest BCUT2D eigenvalue weighted by atomic mass is 10.1. The number of H-pyrrole nitrogens is 1. The van der Waals surface area contributed by atoms with Gasteiger partial charge >= 0.3 is 5.69 Å². The van der Waals surface area contributed by atoms with E-state index in [1.165, 1.54) is 10.6 Å². The molecule has 0 bridgehead atoms. The molecule has 3 aromatic rings. The molecule has 114 valence electrons. The molecule has 0 saturated heterocycles. The van der Waals surface area contributed by atoms with Gasteiger partial charge in [0.1, 0.15) is 5.75 Å². The number of aromatic amines is 1. The third kappa shape index (κ3) is 3.29. The molecule has 1 heterocycles. The van der Waals surface area contributed by atoms with Crippen molar-refractivity contribution in [3.8, 4) is 11.4 Å². The van der Waals surface area contributed by atoms with Crippen LogP contribution in [0.5, 0.6) is 5.75 Å². The van der Waals surface area contributed by atoms with Gasteiger partial charge in [0.2, 0.25) is 0 Å². The van der Waals surface area contributed by atoms with Gasteiger partial charge in [0.05, 0.1) is 5.69 Å². The summed E-state index contributed by atoms with van der Waals surface area (Å²) in [5.41, 5.74) is 1.57. The molecule has 5 nitrogen and oxygen atoms in total. The molecular formula is C18H14N2O3. The number of nitrogens with zero attached hydrogens (tertiary/aromatic N) is 1. The summed E-state index contributed by atoms with van der Waals surface area (Å²) in [6, 6.07) is 13.5. The number of ketones is 1. The molecule has 2 aromatic carbocycles. The summed E-state index contributed by atoms with van der Waals surface area (Å²) in [5, 5.41) is 9.41. The largest absolute Gasteiger partial charge is 0.508 e. The molecule has 0 amide bonds. The minimum absolute atomic E-state index is 0.147. The van der Waals surface area contributed by atoms with Gasteiger partial charge in [-0.15, -0.1) is 0 Å². The first kappa shape index (κ1) is 14.6. The van der Waals surface area contributed by atoms with Gasteiger partial charge in [0.25, 0.3) is 0 Å². The van der Waals surface area contributed by atoms with Crippen LogP contribution in [-0.2, 0) is 0 Å². The van der Waals surface area contributed by atoms with Crippen molar-refractivity contribution in [3.63, 3.8) is 0 Å². The first-order chi connectivity index (χ1) is 11.1. The highest BCUT2D eigenvalue weighted by atomic mass is 16.3. The van der Waals surface area contributed by atoms with Crippen molar-refractivity contribution in [2.24, 2.45) is 0 Å².